The van der Waals surface area contributed by atoms with E-state index < -0.39 is 0 Å². The zero-order chi connectivity index (χ0) is 13.1. The molecule has 1 aliphatic rings. The van der Waals surface area contributed by atoms with E-state index in [0.717, 1.165) is 17.0 Å². The fourth-order valence-corrected chi connectivity index (χ4v) is 2.16. The second-order valence-electron chi connectivity index (χ2n) is 4.50. The van der Waals surface area contributed by atoms with Crippen LogP contribution < -0.4 is 5.59 Å². The van der Waals surface area contributed by atoms with Crippen LogP contribution in [0.15, 0.2) is 66.9 Å². The van der Waals surface area contributed by atoms with Crippen molar-refractivity contribution >= 4 is 12.4 Å². The van der Waals surface area contributed by atoms with Crippen molar-refractivity contribution < 1.29 is 0 Å². The van der Waals surface area contributed by atoms with E-state index >= 15 is 0 Å². The van der Waals surface area contributed by atoms with E-state index in [-0.39, 0.29) is 6.85 Å². The number of allylic oxidation sites excluding steroid dienone is 2. The summed E-state index contributed by atoms with van der Waals surface area (Å²) in [5.41, 5.74) is 2.85. The molecule has 3 rings (SSSR count). The van der Waals surface area contributed by atoms with Crippen molar-refractivity contribution in [1.82, 2.24) is 14.8 Å². The van der Waals surface area contributed by atoms with E-state index in [9.17, 15) is 0 Å². The molecule has 0 aromatic carbocycles. The standard InChI is InChI=1S/C15H14BN3/c1-19-12-5-3-10-16(19)15-9-6-8-14(18-15)13-7-2-4-11-17-13/h2-12H,1H3. The lowest BCUT2D eigenvalue weighted by atomic mass is 9.56. The first-order chi connectivity index (χ1) is 9.34. The average Bonchev–Trinajstić information content (AvgIpc) is 2.49. The SMILES string of the molecule is CN1C=CC=CB1c1cccc(-c2ccccn2)n1. The smallest absolute Gasteiger partial charge is 0.335 e. The van der Waals surface area contributed by atoms with Crippen LogP contribution in [0.25, 0.3) is 11.4 Å². The van der Waals surface area contributed by atoms with Crippen molar-refractivity contribution in [2.24, 2.45) is 0 Å². The normalized spacial score (nSPS) is 13.9. The van der Waals surface area contributed by atoms with Crippen LogP contribution in [0.5, 0.6) is 0 Å². The zero-order valence-corrected chi connectivity index (χ0v) is 10.8. The lowest BCUT2D eigenvalue weighted by Crippen LogP contribution is -2.44. The van der Waals surface area contributed by atoms with Gasteiger partial charge < -0.3 is 4.81 Å². The molecule has 2 aromatic heterocycles. The highest BCUT2D eigenvalue weighted by atomic mass is 15.0. The number of hydrogen-bond donors (Lipinski definition) is 0. The predicted molar refractivity (Wildman–Crippen MR) is 78.9 cm³/mol. The summed E-state index contributed by atoms with van der Waals surface area (Å²) in [6.45, 7) is 0.189. The molecule has 19 heavy (non-hydrogen) atoms. The van der Waals surface area contributed by atoms with Crippen LogP contribution in [0.3, 0.4) is 0 Å². The van der Waals surface area contributed by atoms with Crippen LogP contribution in [0.4, 0.5) is 0 Å². The van der Waals surface area contributed by atoms with Gasteiger partial charge in [-0.25, -0.2) is 0 Å². The topological polar surface area (TPSA) is 29.0 Å². The zero-order valence-electron chi connectivity index (χ0n) is 10.8. The summed E-state index contributed by atoms with van der Waals surface area (Å²) >= 11 is 0. The molecule has 0 radical (unpaired) electrons. The maximum absolute atomic E-state index is 4.73. The van der Waals surface area contributed by atoms with Crippen molar-refractivity contribution in [3.05, 3.63) is 66.9 Å². The molecule has 0 atom stereocenters. The summed E-state index contributed by atoms with van der Waals surface area (Å²) in [5.74, 6) is 2.14. The first-order valence-electron chi connectivity index (χ1n) is 6.30. The van der Waals surface area contributed by atoms with Gasteiger partial charge in [-0.05, 0) is 43.6 Å². The first-order valence-corrected chi connectivity index (χ1v) is 6.30. The Morgan fingerprint density at radius 3 is 2.68 bits per heavy atom. The average molecular weight is 247 g/mol. The molecule has 0 amide bonds. The molecule has 3 heterocycles. The molecule has 92 valence electrons. The third-order valence-electron chi connectivity index (χ3n) is 3.17. The van der Waals surface area contributed by atoms with E-state index in [1.54, 1.807) is 6.20 Å². The molecule has 0 bridgehead atoms. The van der Waals surface area contributed by atoms with Gasteiger partial charge in [0, 0.05) is 11.8 Å². The van der Waals surface area contributed by atoms with Crippen LogP contribution in [0.2, 0.25) is 0 Å². The number of nitrogens with zero attached hydrogens (tertiary/aromatic N) is 3. The fraction of sp³-hybridized carbons (Fsp3) is 0.0667. The largest absolute Gasteiger partial charge is 0.415 e. The summed E-state index contributed by atoms with van der Waals surface area (Å²) in [4.78, 5) is 11.2. The van der Waals surface area contributed by atoms with Gasteiger partial charge >= 0.3 is 6.85 Å². The molecular formula is C15H14BN3. The van der Waals surface area contributed by atoms with Gasteiger partial charge in [0.1, 0.15) is 0 Å². The highest BCUT2D eigenvalue weighted by Crippen LogP contribution is 2.12. The number of hydrogen-bond acceptors (Lipinski definition) is 3. The summed E-state index contributed by atoms with van der Waals surface area (Å²) in [6.07, 6.45) is 7.93. The second kappa shape index (κ2) is 5.10. The molecule has 4 heteroatoms. The van der Waals surface area contributed by atoms with Crippen LogP contribution in [0.1, 0.15) is 0 Å². The number of pyridine rings is 2. The molecule has 0 saturated carbocycles. The van der Waals surface area contributed by atoms with Gasteiger partial charge in [-0.2, -0.15) is 0 Å². The Hall–Kier alpha value is -2.36. The van der Waals surface area contributed by atoms with Gasteiger partial charge in [0.25, 0.3) is 0 Å². The maximum atomic E-state index is 4.73. The highest BCUT2D eigenvalue weighted by Gasteiger charge is 2.21. The third kappa shape index (κ3) is 2.43. The Kier molecular flexibility index (Phi) is 3.15. The Labute approximate surface area is 113 Å². The van der Waals surface area contributed by atoms with Crippen LogP contribution in [-0.2, 0) is 0 Å². The van der Waals surface area contributed by atoms with Gasteiger partial charge in [0.15, 0.2) is 0 Å². The molecule has 0 spiro atoms. The quantitative estimate of drug-likeness (QED) is 0.759. The Balaban J connectivity index is 1.97. The van der Waals surface area contributed by atoms with Crippen molar-refractivity contribution in [3.8, 4) is 11.4 Å². The number of aromatic nitrogens is 2. The van der Waals surface area contributed by atoms with Gasteiger partial charge in [0.2, 0.25) is 0 Å². The Bertz CT molecular complexity index is 622. The summed E-state index contributed by atoms with van der Waals surface area (Å²) < 4.78 is 0. The van der Waals surface area contributed by atoms with Gasteiger partial charge in [0.05, 0.1) is 11.4 Å². The Morgan fingerprint density at radius 1 is 1.00 bits per heavy atom. The molecular weight excluding hydrogens is 233 g/mol. The van der Waals surface area contributed by atoms with E-state index in [1.807, 2.05) is 36.4 Å². The molecule has 0 unspecified atom stereocenters. The molecule has 0 saturated heterocycles. The molecule has 0 aliphatic carbocycles. The third-order valence-corrected chi connectivity index (χ3v) is 3.17. The molecule has 0 N–H and O–H groups in total. The summed E-state index contributed by atoms with van der Waals surface area (Å²) in [6, 6.07) is 12.0. The van der Waals surface area contributed by atoms with Crippen LogP contribution in [-0.4, -0.2) is 28.7 Å². The number of rotatable bonds is 2. The van der Waals surface area contributed by atoms with Crippen LogP contribution >= 0.6 is 0 Å². The van der Waals surface area contributed by atoms with E-state index in [1.165, 1.54) is 0 Å². The minimum atomic E-state index is 0.189. The molecule has 0 fully saturated rings. The van der Waals surface area contributed by atoms with Crippen molar-refractivity contribution in [2.75, 3.05) is 7.05 Å². The van der Waals surface area contributed by atoms with Crippen molar-refractivity contribution in [2.45, 2.75) is 0 Å². The van der Waals surface area contributed by atoms with E-state index in [4.69, 9.17) is 4.98 Å². The maximum Gasteiger partial charge on any atom is 0.335 e. The fourth-order valence-electron chi connectivity index (χ4n) is 2.16. The van der Waals surface area contributed by atoms with Gasteiger partial charge in [-0.15, -0.1) is 0 Å². The summed E-state index contributed by atoms with van der Waals surface area (Å²) in [5, 5.41) is 0. The first kappa shape index (κ1) is 11.7. The molecule has 3 nitrogen and oxygen atoms in total. The van der Waals surface area contributed by atoms with E-state index in [2.05, 4.69) is 41.2 Å². The highest BCUT2D eigenvalue weighted by molar-refractivity contribution is 6.75. The summed E-state index contributed by atoms with van der Waals surface area (Å²) in [7, 11) is 2.06. The van der Waals surface area contributed by atoms with Gasteiger partial charge in [-0.3, -0.25) is 9.97 Å². The second-order valence-corrected chi connectivity index (χ2v) is 4.50. The molecule has 1 aliphatic heterocycles. The van der Waals surface area contributed by atoms with Crippen LogP contribution in [0, 0.1) is 0 Å². The van der Waals surface area contributed by atoms with Gasteiger partial charge in [-0.1, -0.05) is 24.2 Å². The lowest BCUT2D eigenvalue weighted by molar-refractivity contribution is 0.720. The monoisotopic (exact) mass is 247 g/mol. The minimum absolute atomic E-state index is 0.189. The van der Waals surface area contributed by atoms with E-state index in [0.29, 0.717) is 0 Å². The lowest BCUT2D eigenvalue weighted by Gasteiger charge is -2.22. The predicted octanol–water partition coefficient (Wildman–Crippen LogP) is 1.90. The molecule has 2 aromatic rings. The Morgan fingerprint density at radius 2 is 1.89 bits per heavy atom. The minimum Gasteiger partial charge on any atom is -0.415 e. The van der Waals surface area contributed by atoms with Crippen molar-refractivity contribution in [3.63, 3.8) is 0 Å². The van der Waals surface area contributed by atoms with Crippen molar-refractivity contribution in [1.29, 1.82) is 0 Å².